The lowest BCUT2D eigenvalue weighted by molar-refractivity contribution is -0.148. The molecule has 1 atom stereocenters. The first kappa shape index (κ1) is 25.8. The summed E-state index contributed by atoms with van der Waals surface area (Å²) in [5, 5.41) is 6.47. The first-order chi connectivity index (χ1) is 12.8. The van der Waals surface area contributed by atoms with Gasteiger partial charge in [0, 0.05) is 6.61 Å². The van der Waals surface area contributed by atoms with Gasteiger partial charge in [0.15, 0.2) is 5.25 Å². The van der Waals surface area contributed by atoms with Crippen molar-refractivity contribution in [1.29, 1.82) is 0 Å². The van der Waals surface area contributed by atoms with E-state index in [4.69, 9.17) is 19.1 Å². The van der Waals surface area contributed by atoms with Crippen LogP contribution in [0.25, 0.3) is 0 Å². The smallest absolute Gasteiger partial charge is 0.325 e. The fourth-order valence-corrected chi connectivity index (χ4v) is 3.14. The standard InChI is InChI=1S/C18H34O8S/c1-2-3-4-5-6-7-8-9-10-11-12-25-13-14-26-17(19)15-16(18(20)21)27(22,23)24/h16H,2-15H2,1H3,(H,20,21)(H,22,23,24)/t16-/m1/s1. The highest BCUT2D eigenvalue weighted by molar-refractivity contribution is 7.87. The maximum absolute atomic E-state index is 11.4. The van der Waals surface area contributed by atoms with Gasteiger partial charge in [-0.25, -0.2) is 0 Å². The molecule has 9 heteroatoms. The predicted molar refractivity (Wildman–Crippen MR) is 101 cm³/mol. The molecule has 0 aliphatic rings. The molecule has 0 aromatic heterocycles. The average Bonchev–Trinajstić information content (AvgIpc) is 2.58. The van der Waals surface area contributed by atoms with Crippen LogP contribution in [-0.2, 0) is 29.2 Å². The van der Waals surface area contributed by atoms with Gasteiger partial charge in [0.1, 0.15) is 6.61 Å². The van der Waals surface area contributed by atoms with Crippen LogP contribution in [0.15, 0.2) is 0 Å². The number of hydrogen-bond donors (Lipinski definition) is 2. The molecule has 0 spiro atoms. The molecule has 27 heavy (non-hydrogen) atoms. The molecule has 0 saturated heterocycles. The molecular weight excluding hydrogens is 376 g/mol. The summed E-state index contributed by atoms with van der Waals surface area (Å²) in [5.41, 5.74) is 0. The molecule has 0 aromatic rings. The van der Waals surface area contributed by atoms with Gasteiger partial charge in [-0.15, -0.1) is 0 Å². The van der Waals surface area contributed by atoms with Gasteiger partial charge in [0.25, 0.3) is 10.1 Å². The SMILES string of the molecule is CCCCCCCCCCCCOCCOC(=O)C[C@H](C(=O)O)S(=O)(=O)O. The van der Waals surface area contributed by atoms with Crippen molar-refractivity contribution in [2.75, 3.05) is 19.8 Å². The summed E-state index contributed by atoms with van der Waals surface area (Å²) in [7, 11) is -4.85. The third-order valence-corrected chi connectivity index (χ3v) is 5.21. The summed E-state index contributed by atoms with van der Waals surface area (Å²) in [4.78, 5) is 22.1. The van der Waals surface area contributed by atoms with Crippen molar-refractivity contribution in [1.82, 2.24) is 0 Å². The monoisotopic (exact) mass is 410 g/mol. The van der Waals surface area contributed by atoms with Crippen molar-refractivity contribution < 1.29 is 37.1 Å². The average molecular weight is 411 g/mol. The molecule has 160 valence electrons. The Labute approximate surface area is 162 Å². The summed E-state index contributed by atoms with van der Waals surface area (Å²) in [6.45, 7) is 2.84. The molecule has 0 amide bonds. The van der Waals surface area contributed by atoms with Crippen LogP contribution >= 0.6 is 0 Å². The maximum atomic E-state index is 11.4. The highest BCUT2D eigenvalue weighted by Crippen LogP contribution is 2.10. The number of carbonyl (C=O) groups excluding carboxylic acids is 1. The fourth-order valence-electron chi connectivity index (χ4n) is 2.54. The summed E-state index contributed by atoms with van der Waals surface area (Å²) in [6, 6.07) is 0. The normalized spacial score (nSPS) is 12.7. The second-order valence-corrected chi connectivity index (χ2v) is 8.16. The molecule has 0 fully saturated rings. The molecule has 0 aliphatic heterocycles. The summed E-state index contributed by atoms with van der Waals surface area (Å²) >= 11 is 0. The molecule has 0 rings (SSSR count). The van der Waals surface area contributed by atoms with Crippen molar-refractivity contribution in [2.45, 2.75) is 82.8 Å². The quantitative estimate of drug-likeness (QED) is 0.200. The number of esters is 1. The second kappa shape index (κ2) is 15.8. The Kier molecular flexibility index (Phi) is 15.1. The second-order valence-electron chi connectivity index (χ2n) is 6.56. The summed E-state index contributed by atoms with van der Waals surface area (Å²) in [5.74, 6) is -2.81. The molecule has 8 nitrogen and oxygen atoms in total. The number of hydrogen-bond acceptors (Lipinski definition) is 6. The Bertz CT molecular complexity index is 503. The topological polar surface area (TPSA) is 127 Å². The molecule has 0 radical (unpaired) electrons. The van der Waals surface area contributed by atoms with E-state index in [1.807, 2.05) is 0 Å². The molecule has 0 bridgehead atoms. The van der Waals surface area contributed by atoms with Crippen LogP contribution in [0.1, 0.15) is 77.6 Å². The number of carboxylic acid groups (broad SMARTS) is 1. The number of unbranched alkanes of at least 4 members (excludes halogenated alkanes) is 9. The van der Waals surface area contributed by atoms with E-state index >= 15 is 0 Å². The third kappa shape index (κ3) is 15.6. The van der Waals surface area contributed by atoms with Gasteiger partial charge in [0.2, 0.25) is 0 Å². The minimum atomic E-state index is -4.85. The fraction of sp³-hybridized carbons (Fsp3) is 0.889. The van der Waals surface area contributed by atoms with E-state index in [0.29, 0.717) is 6.61 Å². The van der Waals surface area contributed by atoms with Crippen molar-refractivity contribution in [3.05, 3.63) is 0 Å². The Morgan fingerprint density at radius 3 is 1.85 bits per heavy atom. The zero-order chi connectivity index (χ0) is 20.5. The van der Waals surface area contributed by atoms with Crippen LogP contribution in [0.3, 0.4) is 0 Å². The van der Waals surface area contributed by atoms with Crippen LogP contribution in [0.4, 0.5) is 0 Å². The van der Waals surface area contributed by atoms with Crippen LogP contribution in [-0.4, -0.2) is 55.1 Å². The van der Waals surface area contributed by atoms with Gasteiger partial charge < -0.3 is 14.6 Å². The van der Waals surface area contributed by atoms with Crippen LogP contribution in [0, 0.1) is 0 Å². The van der Waals surface area contributed by atoms with E-state index in [1.54, 1.807) is 0 Å². The van der Waals surface area contributed by atoms with Crippen molar-refractivity contribution in [3.63, 3.8) is 0 Å². The molecule has 0 aromatic carbocycles. The number of carbonyl (C=O) groups is 2. The van der Waals surface area contributed by atoms with Gasteiger partial charge in [-0.05, 0) is 6.42 Å². The van der Waals surface area contributed by atoms with E-state index in [9.17, 15) is 18.0 Å². The minimum absolute atomic E-state index is 0.0889. The van der Waals surface area contributed by atoms with Crippen LogP contribution in [0.5, 0.6) is 0 Å². The highest BCUT2D eigenvalue weighted by atomic mass is 32.2. The Morgan fingerprint density at radius 1 is 0.852 bits per heavy atom. The van der Waals surface area contributed by atoms with E-state index in [2.05, 4.69) is 6.92 Å². The van der Waals surface area contributed by atoms with E-state index in [1.165, 1.54) is 51.4 Å². The molecule has 0 saturated carbocycles. The van der Waals surface area contributed by atoms with E-state index in [0.717, 1.165) is 12.8 Å². The number of rotatable bonds is 18. The van der Waals surface area contributed by atoms with E-state index in [-0.39, 0.29) is 13.2 Å². The summed E-state index contributed by atoms with van der Waals surface area (Å²) in [6.07, 6.45) is 11.3. The third-order valence-electron chi connectivity index (χ3n) is 4.12. The van der Waals surface area contributed by atoms with Crippen molar-refractivity contribution in [3.8, 4) is 0 Å². The van der Waals surface area contributed by atoms with Crippen LogP contribution in [0.2, 0.25) is 0 Å². The van der Waals surface area contributed by atoms with Crippen molar-refractivity contribution in [2.24, 2.45) is 0 Å². The highest BCUT2D eigenvalue weighted by Gasteiger charge is 2.33. The van der Waals surface area contributed by atoms with Gasteiger partial charge in [-0.1, -0.05) is 64.7 Å². The first-order valence-electron chi connectivity index (χ1n) is 9.71. The zero-order valence-electron chi connectivity index (χ0n) is 16.2. The predicted octanol–water partition coefficient (Wildman–Crippen LogP) is 3.20. The molecule has 0 aliphatic carbocycles. The van der Waals surface area contributed by atoms with Gasteiger partial charge in [-0.3, -0.25) is 14.1 Å². The largest absolute Gasteiger partial charge is 0.480 e. The Morgan fingerprint density at radius 2 is 1.37 bits per heavy atom. The maximum Gasteiger partial charge on any atom is 0.325 e. The van der Waals surface area contributed by atoms with Gasteiger partial charge in [-0.2, -0.15) is 8.42 Å². The number of aliphatic carboxylic acids is 1. The molecular formula is C18H34O8S. The van der Waals surface area contributed by atoms with Gasteiger partial charge >= 0.3 is 11.9 Å². The lowest BCUT2D eigenvalue weighted by atomic mass is 10.1. The Balaban J connectivity index is 3.51. The minimum Gasteiger partial charge on any atom is -0.480 e. The Hall–Kier alpha value is -1.19. The van der Waals surface area contributed by atoms with Crippen molar-refractivity contribution >= 4 is 22.1 Å². The van der Waals surface area contributed by atoms with E-state index < -0.39 is 33.7 Å². The summed E-state index contributed by atoms with van der Waals surface area (Å²) < 4.78 is 40.5. The zero-order valence-corrected chi connectivity index (χ0v) is 17.0. The van der Waals surface area contributed by atoms with Crippen LogP contribution < -0.4 is 0 Å². The lowest BCUT2D eigenvalue weighted by Gasteiger charge is -2.09. The first-order valence-corrected chi connectivity index (χ1v) is 11.2. The lowest BCUT2D eigenvalue weighted by Crippen LogP contribution is -2.32. The molecule has 2 N–H and O–H groups in total. The van der Waals surface area contributed by atoms with Gasteiger partial charge in [0.05, 0.1) is 13.0 Å². The number of carboxylic acids is 1. The number of ether oxygens (including phenoxy) is 2. The molecule has 0 unspecified atom stereocenters. The molecule has 0 heterocycles.